The summed E-state index contributed by atoms with van der Waals surface area (Å²) in [4.78, 5) is 17.1. The van der Waals surface area contributed by atoms with Crippen LogP contribution in [0.2, 0.25) is 0 Å². The molecule has 1 saturated carbocycles. The molecule has 4 rings (SSSR count). The fourth-order valence-electron chi connectivity index (χ4n) is 3.91. The highest BCUT2D eigenvalue weighted by atomic mass is 16.2. The van der Waals surface area contributed by atoms with Gasteiger partial charge in [0.2, 0.25) is 5.91 Å². The second kappa shape index (κ2) is 4.60. The van der Waals surface area contributed by atoms with Crippen LogP contribution >= 0.6 is 0 Å². The van der Waals surface area contributed by atoms with Crippen molar-refractivity contribution in [3.63, 3.8) is 0 Å². The molecule has 3 heteroatoms. The van der Waals surface area contributed by atoms with Gasteiger partial charge in [-0.1, -0.05) is 6.42 Å². The van der Waals surface area contributed by atoms with E-state index < -0.39 is 0 Å². The van der Waals surface area contributed by atoms with E-state index in [1.165, 1.54) is 38.5 Å². The number of carbonyl (C=O) groups is 1. The van der Waals surface area contributed by atoms with Crippen LogP contribution in [-0.2, 0) is 4.79 Å². The van der Waals surface area contributed by atoms with Crippen molar-refractivity contribution in [2.45, 2.75) is 57.0 Å². The number of hydrogen-bond donors (Lipinski definition) is 0. The number of rotatable bonds is 1. The number of amides is 1. The average Bonchev–Trinajstić information content (AvgIpc) is 2.40. The molecule has 1 atom stereocenters. The molecule has 0 unspecified atom stereocenters. The van der Waals surface area contributed by atoms with Crippen molar-refractivity contribution in [1.29, 1.82) is 0 Å². The van der Waals surface area contributed by atoms with Gasteiger partial charge in [-0.25, -0.2) is 0 Å². The molecular formula is C14H24N2O. The Morgan fingerprint density at radius 2 is 1.82 bits per heavy atom. The van der Waals surface area contributed by atoms with Crippen molar-refractivity contribution >= 4 is 5.91 Å². The molecular weight excluding hydrogens is 212 g/mol. The summed E-state index contributed by atoms with van der Waals surface area (Å²) in [6.45, 7) is 2.15. The molecule has 3 nitrogen and oxygen atoms in total. The fraction of sp³-hybridized carbons (Fsp3) is 0.929. The lowest BCUT2D eigenvalue weighted by molar-refractivity contribution is -0.145. The van der Waals surface area contributed by atoms with Crippen LogP contribution in [0.4, 0.5) is 0 Å². The van der Waals surface area contributed by atoms with Gasteiger partial charge < -0.3 is 4.90 Å². The van der Waals surface area contributed by atoms with Crippen LogP contribution in [0, 0.1) is 5.92 Å². The highest BCUT2D eigenvalue weighted by Crippen LogP contribution is 2.35. The monoisotopic (exact) mass is 236 g/mol. The first-order chi connectivity index (χ1) is 8.25. The molecule has 4 fully saturated rings. The zero-order valence-electron chi connectivity index (χ0n) is 10.9. The number of likely N-dealkylation sites (N-methyl/N-ethyl adjacent to an activating group) is 1. The van der Waals surface area contributed by atoms with E-state index in [1.807, 2.05) is 0 Å². The Hall–Kier alpha value is -0.570. The SMILES string of the molecule is CN1CCCC[C@@H]1C(=O)N1CC2CCC1CC2. The van der Waals surface area contributed by atoms with E-state index in [0.717, 1.165) is 25.4 Å². The van der Waals surface area contributed by atoms with Gasteiger partial charge in [0.15, 0.2) is 0 Å². The maximum atomic E-state index is 12.6. The zero-order valence-corrected chi connectivity index (χ0v) is 10.9. The number of hydrogen-bond acceptors (Lipinski definition) is 2. The molecule has 96 valence electrons. The minimum Gasteiger partial charge on any atom is -0.338 e. The summed E-state index contributed by atoms with van der Waals surface area (Å²) >= 11 is 0. The summed E-state index contributed by atoms with van der Waals surface area (Å²) in [5, 5.41) is 0. The lowest BCUT2D eigenvalue weighted by Gasteiger charge is -2.47. The topological polar surface area (TPSA) is 23.6 Å². The van der Waals surface area contributed by atoms with Crippen LogP contribution in [0.3, 0.4) is 0 Å². The quantitative estimate of drug-likeness (QED) is 0.694. The van der Waals surface area contributed by atoms with E-state index in [4.69, 9.17) is 0 Å². The Balaban J connectivity index is 1.69. The number of piperidine rings is 3. The predicted octanol–water partition coefficient (Wildman–Crippen LogP) is 1.87. The number of nitrogens with zero attached hydrogens (tertiary/aromatic N) is 2. The summed E-state index contributed by atoms with van der Waals surface area (Å²) in [7, 11) is 2.12. The number of carbonyl (C=O) groups excluding carboxylic acids is 1. The molecule has 0 N–H and O–H groups in total. The molecule has 1 amide bonds. The van der Waals surface area contributed by atoms with Gasteiger partial charge in [0.25, 0.3) is 0 Å². The average molecular weight is 236 g/mol. The van der Waals surface area contributed by atoms with Crippen LogP contribution in [0.1, 0.15) is 44.9 Å². The molecule has 3 heterocycles. The van der Waals surface area contributed by atoms with Crippen LogP contribution in [0.15, 0.2) is 0 Å². The number of likely N-dealkylation sites (tertiary alicyclic amines) is 1. The van der Waals surface area contributed by atoms with Gasteiger partial charge in [0.1, 0.15) is 0 Å². The molecule has 1 aliphatic carbocycles. The highest BCUT2D eigenvalue weighted by molar-refractivity contribution is 5.82. The van der Waals surface area contributed by atoms with Gasteiger partial charge in [-0.05, 0) is 58.0 Å². The molecule has 0 aromatic rings. The Morgan fingerprint density at radius 3 is 2.41 bits per heavy atom. The van der Waals surface area contributed by atoms with Crippen LogP contribution < -0.4 is 0 Å². The van der Waals surface area contributed by atoms with E-state index in [9.17, 15) is 4.79 Å². The number of fused-ring (bicyclic) bond motifs is 3. The van der Waals surface area contributed by atoms with Crippen molar-refractivity contribution < 1.29 is 4.79 Å². The first kappa shape index (κ1) is 11.5. The third-order valence-corrected chi connectivity index (χ3v) is 5.05. The second-order valence-electron chi connectivity index (χ2n) is 6.16. The Kier molecular flexibility index (Phi) is 3.12. The maximum absolute atomic E-state index is 12.6. The molecule has 2 bridgehead atoms. The van der Waals surface area contributed by atoms with Gasteiger partial charge in [-0.2, -0.15) is 0 Å². The van der Waals surface area contributed by atoms with Gasteiger partial charge in [-0.15, -0.1) is 0 Å². The van der Waals surface area contributed by atoms with Gasteiger partial charge in [0, 0.05) is 12.6 Å². The van der Waals surface area contributed by atoms with Gasteiger partial charge in [0.05, 0.1) is 6.04 Å². The molecule has 17 heavy (non-hydrogen) atoms. The van der Waals surface area contributed by atoms with Crippen LogP contribution in [-0.4, -0.2) is 47.9 Å². The van der Waals surface area contributed by atoms with Crippen molar-refractivity contribution in [3.8, 4) is 0 Å². The summed E-state index contributed by atoms with van der Waals surface area (Å²) < 4.78 is 0. The smallest absolute Gasteiger partial charge is 0.240 e. The van der Waals surface area contributed by atoms with Crippen LogP contribution in [0.5, 0.6) is 0 Å². The largest absolute Gasteiger partial charge is 0.338 e. The van der Waals surface area contributed by atoms with Gasteiger partial charge in [-0.3, -0.25) is 9.69 Å². The van der Waals surface area contributed by atoms with Crippen molar-refractivity contribution in [2.75, 3.05) is 20.1 Å². The van der Waals surface area contributed by atoms with E-state index in [2.05, 4.69) is 16.8 Å². The molecule has 0 spiro atoms. The normalized spacial score (nSPS) is 38.4. The van der Waals surface area contributed by atoms with Gasteiger partial charge >= 0.3 is 0 Å². The maximum Gasteiger partial charge on any atom is 0.240 e. The molecule has 0 aromatic carbocycles. The third kappa shape index (κ3) is 2.10. The Morgan fingerprint density at radius 1 is 1.06 bits per heavy atom. The lowest BCUT2D eigenvalue weighted by atomic mass is 9.79. The van der Waals surface area contributed by atoms with E-state index in [-0.39, 0.29) is 6.04 Å². The van der Waals surface area contributed by atoms with Crippen LogP contribution in [0.25, 0.3) is 0 Å². The van der Waals surface area contributed by atoms with E-state index >= 15 is 0 Å². The highest BCUT2D eigenvalue weighted by Gasteiger charge is 2.39. The first-order valence-corrected chi connectivity index (χ1v) is 7.26. The van der Waals surface area contributed by atoms with Crippen molar-refractivity contribution in [1.82, 2.24) is 9.80 Å². The Bertz CT molecular complexity index is 297. The fourth-order valence-corrected chi connectivity index (χ4v) is 3.91. The van der Waals surface area contributed by atoms with E-state index in [1.54, 1.807) is 0 Å². The predicted molar refractivity (Wildman–Crippen MR) is 67.7 cm³/mol. The molecule has 3 aliphatic heterocycles. The first-order valence-electron chi connectivity index (χ1n) is 7.26. The summed E-state index contributed by atoms with van der Waals surface area (Å²) in [6.07, 6.45) is 8.78. The molecule has 3 saturated heterocycles. The molecule has 4 aliphatic rings. The minimum absolute atomic E-state index is 0.183. The van der Waals surface area contributed by atoms with Crippen molar-refractivity contribution in [2.24, 2.45) is 5.92 Å². The second-order valence-corrected chi connectivity index (χ2v) is 6.16. The Labute approximate surface area is 104 Å². The summed E-state index contributed by atoms with van der Waals surface area (Å²) in [5.74, 6) is 1.24. The molecule has 0 radical (unpaired) electrons. The summed E-state index contributed by atoms with van der Waals surface area (Å²) in [5.41, 5.74) is 0. The van der Waals surface area contributed by atoms with Crippen molar-refractivity contribution in [3.05, 3.63) is 0 Å². The van der Waals surface area contributed by atoms with E-state index in [0.29, 0.717) is 11.9 Å². The third-order valence-electron chi connectivity index (χ3n) is 5.05. The molecule has 0 aromatic heterocycles. The zero-order chi connectivity index (χ0) is 11.8. The standard InChI is InChI=1S/C14H24N2O/c1-15-9-3-2-4-13(15)14(17)16-10-11-5-7-12(16)8-6-11/h11-13H,2-10H2,1H3/t11?,12?,13-/m1/s1. The lowest BCUT2D eigenvalue weighted by Crippen LogP contribution is -2.57. The minimum atomic E-state index is 0.183. The summed E-state index contributed by atoms with van der Waals surface area (Å²) in [6, 6.07) is 0.755.